The number of carbonyl (C=O) groups excluding carboxylic acids is 2. The van der Waals surface area contributed by atoms with Gasteiger partial charge >= 0.3 is 0 Å². The van der Waals surface area contributed by atoms with E-state index in [4.69, 9.17) is 16.2 Å². The number of amides is 1. The lowest BCUT2D eigenvalue weighted by Crippen LogP contribution is -2.25. The first-order chi connectivity index (χ1) is 17.3. The number of Topliss-reactive ketones (excluding diaryl/α,β-unsaturated/α-hetero) is 1. The first-order valence-electron chi connectivity index (χ1n) is 12.2. The van der Waals surface area contributed by atoms with Crippen molar-refractivity contribution < 1.29 is 14.3 Å². The predicted molar refractivity (Wildman–Crippen MR) is 142 cm³/mol. The standard InChI is InChI=1S/C22H19N3O4.C6H13N/c1-24-18-14-10-6-7-11-15(14)25(12-16(26)13-8-4-3-5-9-13)22(28)17(18)20(29-2)19(24)21(23)27;7-6-4-2-1-3-5-6/h3-11H,12H2,1-2H3,(H2,23,27);6H,1-5,7H2. The van der Waals surface area contributed by atoms with E-state index in [-0.39, 0.29) is 29.2 Å². The second-order valence-electron chi connectivity index (χ2n) is 9.12. The number of ketones is 1. The van der Waals surface area contributed by atoms with Crippen LogP contribution in [0.25, 0.3) is 21.8 Å². The first-order valence-corrected chi connectivity index (χ1v) is 12.2. The van der Waals surface area contributed by atoms with E-state index in [0.29, 0.717) is 22.6 Å². The molecular formula is C28H32N4O4. The van der Waals surface area contributed by atoms with Crippen LogP contribution in [0.4, 0.5) is 0 Å². The molecule has 0 bridgehead atoms. The number of ether oxygens (including phenoxy) is 1. The van der Waals surface area contributed by atoms with Gasteiger partial charge in [0, 0.05) is 24.0 Å². The molecule has 0 aliphatic heterocycles. The van der Waals surface area contributed by atoms with Gasteiger partial charge in [-0.2, -0.15) is 0 Å². The predicted octanol–water partition coefficient (Wildman–Crippen LogP) is 3.76. The second-order valence-corrected chi connectivity index (χ2v) is 9.12. The van der Waals surface area contributed by atoms with Crippen LogP contribution in [0.5, 0.6) is 5.75 Å². The number of aromatic nitrogens is 2. The molecule has 36 heavy (non-hydrogen) atoms. The van der Waals surface area contributed by atoms with Crippen LogP contribution in [0, 0.1) is 0 Å². The van der Waals surface area contributed by atoms with Gasteiger partial charge in [0.25, 0.3) is 11.5 Å². The van der Waals surface area contributed by atoms with Crippen LogP contribution in [0.15, 0.2) is 59.4 Å². The van der Waals surface area contributed by atoms with Gasteiger partial charge in [0.15, 0.2) is 11.5 Å². The molecule has 0 saturated heterocycles. The Bertz CT molecular complexity index is 1460. The number of rotatable bonds is 5. The van der Waals surface area contributed by atoms with Crippen molar-refractivity contribution in [2.45, 2.75) is 44.7 Å². The number of hydrogen-bond donors (Lipinski definition) is 2. The largest absolute Gasteiger partial charge is 0.493 e. The zero-order chi connectivity index (χ0) is 25.8. The SMILES string of the molecule is COc1c(C(N)=O)n(C)c2c1c(=O)n(CC(=O)c1ccccc1)c1ccccc21.NC1CCCCC1. The van der Waals surface area contributed by atoms with Crippen molar-refractivity contribution in [3.8, 4) is 5.75 Å². The van der Waals surface area contributed by atoms with Crippen LogP contribution >= 0.6 is 0 Å². The number of methoxy groups -OCH3 is 1. The van der Waals surface area contributed by atoms with Gasteiger partial charge in [0.05, 0.1) is 24.7 Å². The van der Waals surface area contributed by atoms with E-state index in [2.05, 4.69) is 0 Å². The molecule has 5 rings (SSSR count). The number of nitrogens with two attached hydrogens (primary N) is 2. The second kappa shape index (κ2) is 10.8. The molecule has 1 aliphatic carbocycles. The van der Waals surface area contributed by atoms with Crippen LogP contribution in [-0.4, -0.2) is 34.0 Å². The van der Waals surface area contributed by atoms with E-state index in [1.165, 1.54) is 43.8 Å². The molecule has 0 spiro atoms. The average molecular weight is 489 g/mol. The number of benzene rings is 2. The minimum absolute atomic E-state index is 0.108. The number of aryl methyl sites for hydroxylation is 1. The van der Waals surface area contributed by atoms with Gasteiger partial charge in [-0.05, 0) is 18.9 Å². The highest BCUT2D eigenvalue weighted by Crippen LogP contribution is 2.34. The van der Waals surface area contributed by atoms with Crippen molar-refractivity contribution in [2.24, 2.45) is 18.5 Å². The summed E-state index contributed by atoms with van der Waals surface area (Å²) in [6.07, 6.45) is 6.66. The van der Waals surface area contributed by atoms with Crippen molar-refractivity contribution in [3.63, 3.8) is 0 Å². The van der Waals surface area contributed by atoms with Crippen molar-refractivity contribution in [1.82, 2.24) is 9.13 Å². The van der Waals surface area contributed by atoms with Crippen molar-refractivity contribution in [2.75, 3.05) is 7.11 Å². The van der Waals surface area contributed by atoms with Gasteiger partial charge in [-0.3, -0.25) is 19.0 Å². The van der Waals surface area contributed by atoms with Gasteiger partial charge < -0.3 is 20.8 Å². The highest BCUT2D eigenvalue weighted by molar-refractivity contribution is 6.12. The lowest BCUT2D eigenvalue weighted by molar-refractivity contribution is 0.0969. The highest BCUT2D eigenvalue weighted by atomic mass is 16.5. The Morgan fingerprint density at radius 3 is 2.22 bits per heavy atom. The molecule has 0 atom stereocenters. The quantitative estimate of drug-likeness (QED) is 0.414. The highest BCUT2D eigenvalue weighted by Gasteiger charge is 2.26. The zero-order valence-corrected chi connectivity index (χ0v) is 20.7. The van der Waals surface area contributed by atoms with Gasteiger partial charge in [0.1, 0.15) is 11.1 Å². The molecule has 8 nitrogen and oxygen atoms in total. The molecule has 1 amide bonds. The van der Waals surface area contributed by atoms with Crippen molar-refractivity contribution in [3.05, 3.63) is 76.2 Å². The third-order valence-corrected chi connectivity index (χ3v) is 6.74. The van der Waals surface area contributed by atoms with E-state index in [1.54, 1.807) is 48.0 Å². The lowest BCUT2D eigenvalue weighted by Gasteiger charge is -2.15. The van der Waals surface area contributed by atoms with Crippen LogP contribution < -0.4 is 21.8 Å². The molecule has 0 unspecified atom stereocenters. The normalized spacial score (nSPS) is 13.9. The molecule has 1 aliphatic rings. The maximum Gasteiger partial charge on any atom is 0.269 e. The summed E-state index contributed by atoms with van der Waals surface area (Å²) in [6.45, 7) is -0.136. The fourth-order valence-electron chi connectivity index (χ4n) is 4.95. The minimum atomic E-state index is -0.698. The summed E-state index contributed by atoms with van der Waals surface area (Å²) in [6, 6.07) is 16.6. The van der Waals surface area contributed by atoms with E-state index in [1.807, 2.05) is 18.2 Å². The third-order valence-electron chi connectivity index (χ3n) is 6.74. The fourth-order valence-corrected chi connectivity index (χ4v) is 4.95. The number of hydrogen-bond acceptors (Lipinski definition) is 5. The molecular weight excluding hydrogens is 456 g/mol. The number of para-hydroxylation sites is 1. The summed E-state index contributed by atoms with van der Waals surface area (Å²) in [5.41, 5.74) is 12.5. The summed E-state index contributed by atoms with van der Waals surface area (Å²) in [5, 5.41) is 0.944. The Kier molecular flexibility index (Phi) is 7.55. The third kappa shape index (κ3) is 4.77. The fraction of sp³-hybridized carbons (Fsp3) is 0.321. The first kappa shape index (κ1) is 25.2. The van der Waals surface area contributed by atoms with Crippen molar-refractivity contribution in [1.29, 1.82) is 0 Å². The number of carbonyl (C=O) groups is 2. The van der Waals surface area contributed by atoms with E-state index < -0.39 is 11.5 Å². The molecule has 1 fully saturated rings. The summed E-state index contributed by atoms with van der Waals surface area (Å²) >= 11 is 0. The van der Waals surface area contributed by atoms with E-state index in [0.717, 1.165) is 5.39 Å². The molecule has 2 heterocycles. The van der Waals surface area contributed by atoms with Crippen LogP contribution in [-0.2, 0) is 13.6 Å². The van der Waals surface area contributed by atoms with Crippen LogP contribution in [0.3, 0.4) is 0 Å². The van der Waals surface area contributed by atoms with Gasteiger partial charge in [-0.15, -0.1) is 0 Å². The Labute approximate surface area is 209 Å². The smallest absolute Gasteiger partial charge is 0.269 e. The van der Waals surface area contributed by atoms with Gasteiger partial charge in [0.2, 0.25) is 0 Å². The number of pyridine rings is 1. The lowest BCUT2D eigenvalue weighted by atomic mass is 9.97. The summed E-state index contributed by atoms with van der Waals surface area (Å²) in [5.74, 6) is -0.773. The zero-order valence-electron chi connectivity index (χ0n) is 20.7. The topological polar surface area (TPSA) is 122 Å². The Morgan fingerprint density at radius 2 is 1.64 bits per heavy atom. The summed E-state index contributed by atoms with van der Waals surface area (Å²) in [7, 11) is 3.05. The number of primary amides is 1. The summed E-state index contributed by atoms with van der Waals surface area (Å²) < 4.78 is 8.39. The minimum Gasteiger partial charge on any atom is -0.493 e. The number of fused-ring (bicyclic) bond motifs is 3. The Morgan fingerprint density at radius 1 is 1.00 bits per heavy atom. The van der Waals surface area contributed by atoms with Crippen LogP contribution in [0.1, 0.15) is 53.0 Å². The maximum absolute atomic E-state index is 13.4. The Balaban J connectivity index is 0.000000375. The van der Waals surface area contributed by atoms with E-state index >= 15 is 0 Å². The molecule has 2 aromatic carbocycles. The Hall–Kier alpha value is -3.91. The van der Waals surface area contributed by atoms with Crippen LogP contribution in [0.2, 0.25) is 0 Å². The molecule has 2 aromatic heterocycles. The molecule has 8 heteroatoms. The van der Waals surface area contributed by atoms with Gasteiger partial charge in [-0.25, -0.2) is 0 Å². The molecule has 1 saturated carbocycles. The van der Waals surface area contributed by atoms with Crippen molar-refractivity contribution >= 4 is 33.5 Å². The van der Waals surface area contributed by atoms with E-state index in [9.17, 15) is 14.4 Å². The molecule has 0 radical (unpaired) electrons. The number of nitrogens with zero attached hydrogens (tertiary/aromatic N) is 2. The summed E-state index contributed by atoms with van der Waals surface area (Å²) in [4.78, 5) is 38.3. The average Bonchev–Trinajstić information content (AvgIpc) is 3.20. The maximum atomic E-state index is 13.4. The van der Waals surface area contributed by atoms with Gasteiger partial charge in [-0.1, -0.05) is 67.8 Å². The molecule has 188 valence electrons. The monoisotopic (exact) mass is 488 g/mol. The molecule has 4 aromatic rings. The molecule has 4 N–H and O–H groups in total.